The summed E-state index contributed by atoms with van der Waals surface area (Å²) < 4.78 is 28.3. The largest absolute Gasteiger partial charge is 0.382 e. The molecule has 0 amide bonds. The lowest BCUT2D eigenvalue weighted by Crippen LogP contribution is -2.06. The first-order valence-electron chi connectivity index (χ1n) is 9.37. The SMILES string of the molecule is Nc1c(S(=O)(=O)c2ccccc2)c2nc3ccccc3nc2n1/N=C\c1ccncc1. The number of pyridine rings is 1. The monoisotopic (exact) mass is 428 g/mol. The Morgan fingerprint density at radius 2 is 1.52 bits per heavy atom. The second kappa shape index (κ2) is 7.29. The van der Waals surface area contributed by atoms with Crippen molar-refractivity contribution in [3.05, 3.63) is 84.7 Å². The zero-order valence-electron chi connectivity index (χ0n) is 16.1. The van der Waals surface area contributed by atoms with E-state index in [1.807, 2.05) is 12.1 Å². The number of nitrogen functional groups attached to an aromatic ring is 1. The molecular formula is C22H16N6O2S. The summed E-state index contributed by atoms with van der Waals surface area (Å²) in [5, 5.41) is 4.41. The molecule has 0 aliphatic carbocycles. The third-order valence-electron chi connectivity index (χ3n) is 4.78. The standard InChI is InChI=1S/C22H16N6O2S/c23-21-20(31(29,30)16-6-2-1-3-7-16)19-22(27-18-9-5-4-8-17(18)26-19)28(21)25-14-15-10-12-24-13-11-15/h1-14H,23H2/b25-14-. The van der Waals surface area contributed by atoms with Gasteiger partial charge in [0.25, 0.3) is 0 Å². The molecule has 0 saturated carbocycles. The lowest BCUT2D eigenvalue weighted by atomic mass is 10.3. The molecule has 8 nitrogen and oxygen atoms in total. The number of hydrogen-bond donors (Lipinski definition) is 1. The minimum absolute atomic E-state index is 0.0561. The van der Waals surface area contributed by atoms with Gasteiger partial charge in [-0.05, 0) is 42.0 Å². The Bertz CT molecular complexity index is 1550. The predicted octanol–water partition coefficient (Wildman–Crippen LogP) is 3.28. The molecule has 0 aliphatic heterocycles. The fraction of sp³-hybridized carbons (Fsp3) is 0. The van der Waals surface area contributed by atoms with Crippen LogP contribution in [0.25, 0.3) is 22.2 Å². The van der Waals surface area contributed by atoms with Gasteiger partial charge >= 0.3 is 0 Å². The highest BCUT2D eigenvalue weighted by atomic mass is 32.2. The topological polar surface area (TPSA) is 116 Å². The number of hydrogen-bond acceptors (Lipinski definition) is 7. The molecule has 3 heterocycles. The van der Waals surface area contributed by atoms with Crippen molar-refractivity contribution in [3.63, 3.8) is 0 Å². The van der Waals surface area contributed by atoms with Crippen LogP contribution in [0.5, 0.6) is 0 Å². The van der Waals surface area contributed by atoms with Crippen molar-refractivity contribution in [2.45, 2.75) is 9.79 Å². The Labute approximate surface area is 177 Å². The second-order valence-corrected chi connectivity index (χ2v) is 8.64. The summed E-state index contributed by atoms with van der Waals surface area (Å²) in [5.74, 6) is -0.0561. The van der Waals surface area contributed by atoms with Crippen molar-refractivity contribution in [1.82, 2.24) is 19.6 Å². The summed E-state index contributed by atoms with van der Waals surface area (Å²) in [6, 6.07) is 18.9. The van der Waals surface area contributed by atoms with Gasteiger partial charge in [-0.1, -0.05) is 30.3 Å². The molecule has 9 heteroatoms. The lowest BCUT2D eigenvalue weighted by Gasteiger charge is -2.04. The molecule has 5 aromatic rings. The fourth-order valence-corrected chi connectivity index (χ4v) is 4.80. The molecule has 2 aromatic carbocycles. The first-order valence-corrected chi connectivity index (χ1v) is 10.9. The van der Waals surface area contributed by atoms with Crippen LogP contribution in [0.15, 0.2) is 94.0 Å². The average Bonchev–Trinajstić information content (AvgIpc) is 3.08. The van der Waals surface area contributed by atoms with Crippen molar-refractivity contribution < 1.29 is 8.42 Å². The molecule has 0 spiro atoms. The van der Waals surface area contributed by atoms with Gasteiger partial charge in [-0.3, -0.25) is 4.98 Å². The Morgan fingerprint density at radius 3 is 2.23 bits per heavy atom. The fourth-order valence-electron chi connectivity index (χ4n) is 3.30. The normalized spacial score (nSPS) is 12.1. The predicted molar refractivity (Wildman–Crippen MR) is 119 cm³/mol. The second-order valence-electron chi connectivity index (χ2n) is 6.75. The minimum Gasteiger partial charge on any atom is -0.382 e. The molecule has 3 aromatic heterocycles. The third kappa shape index (κ3) is 3.21. The highest BCUT2D eigenvalue weighted by Gasteiger charge is 2.30. The number of nitrogens with two attached hydrogens (primary N) is 1. The van der Waals surface area contributed by atoms with Gasteiger partial charge < -0.3 is 5.73 Å². The number of rotatable bonds is 4. The van der Waals surface area contributed by atoms with Crippen molar-refractivity contribution in [2.75, 3.05) is 5.73 Å². The maximum atomic E-state index is 13.5. The van der Waals surface area contributed by atoms with E-state index in [0.29, 0.717) is 11.0 Å². The van der Waals surface area contributed by atoms with E-state index in [0.717, 1.165) is 5.56 Å². The van der Waals surface area contributed by atoms with E-state index in [-0.39, 0.29) is 26.8 Å². The number of sulfone groups is 1. The highest BCUT2D eigenvalue weighted by molar-refractivity contribution is 7.92. The molecular weight excluding hydrogens is 412 g/mol. The molecule has 0 atom stereocenters. The van der Waals surface area contributed by atoms with Gasteiger partial charge in [0, 0.05) is 12.4 Å². The molecule has 0 bridgehead atoms. The number of nitrogens with zero attached hydrogens (tertiary/aromatic N) is 5. The van der Waals surface area contributed by atoms with Crippen molar-refractivity contribution in [2.24, 2.45) is 5.10 Å². The Kier molecular flexibility index (Phi) is 4.45. The minimum atomic E-state index is -3.96. The summed E-state index contributed by atoms with van der Waals surface area (Å²) in [5.41, 5.74) is 8.73. The summed E-state index contributed by atoms with van der Waals surface area (Å²) >= 11 is 0. The smallest absolute Gasteiger partial charge is 0.212 e. The summed E-state index contributed by atoms with van der Waals surface area (Å²) in [6.07, 6.45) is 4.83. The first-order chi connectivity index (χ1) is 15.1. The highest BCUT2D eigenvalue weighted by Crippen LogP contribution is 2.35. The molecule has 0 radical (unpaired) electrons. The van der Waals surface area contributed by atoms with Crippen molar-refractivity contribution in [1.29, 1.82) is 0 Å². The Hall–Kier alpha value is -4.11. The van der Waals surface area contributed by atoms with Crippen LogP contribution in [-0.2, 0) is 9.84 Å². The molecule has 31 heavy (non-hydrogen) atoms. The van der Waals surface area contributed by atoms with E-state index in [2.05, 4.69) is 20.1 Å². The third-order valence-corrected chi connectivity index (χ3v) is 6.61. The average molecular weight is 428 g/mol. The zero-order chi connectivity index (χ0) is 21.4. The quantitative estimate of drug-likeness (QED) is 0.439. The van der Waals surface area contributed by atoms with Gasteiger partial charge in [-0.25, -0.2) is 18.4 Å². The van der Waals surface area contributed by atoms with Gasteiger partial charge in [0.1, 0.15) is 16.2 Å². The van der Waals surface area contributed by atoms with Crippen LogP contribution in [0.2, 0.25) is 0 Å². The number of anilines is 1. The van der Waals surface area contributed by atoms with E-state index in [1.54, 1.807) is 61.1 Å². The van der Waals surface area contributed by atoms with Crippen LogP contribution in [0.1, 0.15) is 5.56 Å². The van der Waals surface area contributed by atoms with Crippen LogP contribution in [0.4, 0.5) is 5.82 Å². The molecule has 0 fully saturated rings. The van der Waals surface area contributed by atoms with Gasteiger partial charge in [0.15, 0.2) is 5.65 Å². The van der Waals surface area contributed by atoms with Crippen LogP contribution in [0, 0.1) is 0 Å². The summed E-state index contributed by atoms with van der Waals surface area (Å²) in [4.78, 5) is 13.2. The van der Waals surface area contributed by atoms with Gasteiger partial charge in [-0.2, -0.15) is 9.78 Å². The molecule has 5 rings (SSSR count). The lowest BCUT2D eigenvalue weighted by molar-refractivity contribution is 0.597. The van der Waals surface area contributed by atoms with Gasteiger partial charge in [0.2, 0.25) is 9.84 Å². The van der Waals surface area contributed by atoms with Crippen LogP contribution in [-0.4, -0.2) is 34.3 Å². The molecule has 0 aliphatic rings. The Balaban J connectivity index is 1.82. The van der Waals surface area contributed by atoms with Crippen molar-refractivity contribution in [3.8, 4) is 0 Å². The van der Waals surface area contributed by atoms with E-state index in [9.17, 15) is 8.42 Å². The van der Waals surface area contributed by atoms with Crippen LogP contribution < -0.4 is 5.73 Å². The number of aromatic nitrogens is 4. The van der Waals surface area contributed by atoms with Crippen LogP contribution in [0.3, 0.4) is 0 Å². The van der Waals surface area contributed by atoms with E-state index >= 15 is 0 Å². The molecule has 0 unspecified atom stereocenters. The van der Waals surface area contributed by atoms with E-state index in [1.165, 1.54) is 16.8 Å². The number of benzene rings is 2. The molecule has 0 saturated heterocycles. The van der Waals surface area contributed by atoms with E-state index in [4.69, 9.17) is 5.73 Å². The summed E-state index contributed by atoms with van der Waals surface area (Å²) in [7, 11) is -3.96. The molecule has 152 valence electrons. The zero-order valence-corrected chi connectivity index (χ0v) is 16.9. The maximum Gasteiger partial charge on any atom is 0.212 e. The summed E-state index contributed by atoms with van der Waals surface area (Å²) in [6.45, 7) is 0. The van der Waals surface area contributed by atoms with Gasteiger partial charge in [0.05, 0.1) is 22.1 Å². The van der Waals surface area contributed by atoms with Gasteiger partial charge in [-0.15, -0.1) is 0 Å². The Morgan fingerprint density at radius 1 is 0.871 bits per heavy atom. The van der Waals surface area contributed by atoms with Crippen LogP contribution >= 0.6 is 0 Å². The first kappa shape index (κ1) is 18.9. The molecule has 2 N–H and O–H groups in total. The number of para-hydroxylation sites is 2. The van der Waals surface area contributed by atoms with Crippen molar-refractivity contribution >= 4 is 44.1 Å². The maximum absolute atomic E-state index is 13.5. The number of fused-ring (bicyclic) bond motifs is 2. The van der Waals surface area contributed by atoms with E-state index < -0.39 is 9.84 Å².